The number of nitrogens with zero attached hydrogens (tertiary/aromatic N) is 2. The quantitative estimate of drug-likeness (QED) is 0.388. The fourth-order valence-electron chi connectivity index (χ4n) is 3.78. The number of alkyl carbamates (subject to hydrolysis) is 1. The van der Waals surface area contributed by atoms with E-state index in [1.54, 1.807) is 43.5 Å². The van der Waals surface area contributed by atoms with Crippen LogP contribution in [0.2, 0.25) is 0 Å². The lowest BCUT2D eigenvalue weighted by Gasteiger charge is -2.23. The van der Waals surface area contributed by atoms with Crippen LogP contribution >= 0.6 is 11.3 Å². The third-order valence-electron chi connectivity index (χ3n) is 5.38. The summed E-state index contributed by atoms with van der Waals surface area (Å²) in [4.78, 5) is 41.5. The van der Waals surface area contributed by atoms with Gasteiger partial charge in [-0.1, -0.05) is 33.3 Å². The van der Waals surface area contributed by atoms with E-state index in [9.17, 15) is 19.5 Å². The Kier molecular flexibility index (Phi) is 8.96. The highest BCUT2D eigenvalue weighted by molar-refractivity contribution is 7.13. The second kappa shape index (κ2) is 11.8. The van der Waals surface area contributed by atoms with Crippen LogP contribution in [-0.2, 0) is 17.8 Å². The molecule has 0 aliphatic heterocycles. The predicted octanol–water partition coefficient (Wildman–Crippen LogP) is 4.35. The van der Waals surface area contributed by atoms with Crippen molar-refractivity contribution in [3.63, 3.8) is 0 Å². The molecule has 37 heavy (non-hydrogen) atoms. The molecule has 1 N–H and O–H groups in total. The Morgan fingerprint density at radius 2 is 1.95 bits per heavy atom. The Balaban J connectivity index is 2.19. The Bertz CT molecular complexity index is 1340. The van der Waals surface area contributed by atoms with Gasteiger partial charge in [-0.2, -0.15) is 0 Å². The van der Waals surface area contributed by atoms with Gasteiger partial charge in [-0.25, -0.2) is 9.78 Å². The number of hydrogen-bond donors (Lipinski definition) is 1. The molecule has 0 unspecified atom stereocenters. The van der Waals surface area contributed by atoms with Crippen LogP contribution in [0.3, 0.4) is 0 Å². The molecule has 0 aliphatic carbocycles. The third kappa shape index (κ3) is 7.09. The van der Waals surface area contributed by atoms with Crippen molar-refractivity contribution in [3.8, 4) is 16.3 Å². The number of pyridine rings is 1. The number of carboxylic acids is 1. The smallest absolute Gasteiger partial charge is 0.407 e. The van der Waals surface area contributed by atoms with Crippen molar-refractivity contribution in [2.24, 2.45) is 5.92 Å². The van der Waals surface area contributed by atoms with Gasteiger partial charge in [-0.3, -0.25) is 4.79 Å². The highest BCUT2D eigenvalue weighted by Gasteiger charge is 2.22. The minimum Gasteiger partial charge on any atom is -0.543 e. The van der Waals surface area contributed by atoms with E-state index in [4.69, 9.17) is 9.47 Å². The van der Waals surface area contributed by atoms with Crippen LogP contribution in [0.4, 0.5) is 4.79 Å². The molecule has 0 bridgehead atoms. The number of thiazole rings is 1. The summed E-state index contributed by atoms with van der Waals surface area (Å²) in [5.41, 5.74) is 0.179. The molecular formula is C27H34N3O6S-. The maximum Gasteiger partial charge on any atom is 0.407 e. The number of amides is 1. The van der Waals surface area contributed by atoms with Crippen LogP contribution in [-0.4, -0.2) is 33.8 Å². The summed E-state index contributed by atoms with van der Waals surface area (Å²) in [5, 5.41) is 16.9. The molecule has 10 heteroatoms. The molecule has 0 saturated carbocycles. The minimum absolute atomic E-state index is 0.0323. The zero-order valence-corrected chi connectivity index (χ0v) is 23.0. The van der Waals surface area contributed by atoms with Gasteiger partial charge in [0.1, 0.15) is 16.4 Å². The first kappa shape index (κ1) is 28.2. The maximum atomic E-state index is 13.6. The highest BCUT2D eigenvalue weighted by atomic mass is 32.1. The van der Waals surface area contributed by atoms with Gasteiger partial charge in [0, 0.05) is 22.9 Å². The van der Waals surface area contributed by atoms with Crippen LogP contribution < -0.4 is 20.7 Å². The zero-order valence-electron chi connectivity index (χ0n) is 22.2. The van der Waals surface area contributed by atoms with E-state index in [1.165, 1.54) is 16.7 Å². The number of nitrogens with one attached hydrogen (secondary N) is 1. The average molecular weight is 529 g/mol. The van der Waals surface area contributed by atoms with E-state index in [-0.39, 0.29) is 23.7 Å². The molecule has 3 rings (SSSR count). The van der Waals surface area contributed by atoms with Gasteiger partial charge in [-0.15, -0.1) is 11.3 Å². The summed E-state index contributed by atoms with van der Waals surface area (Å²) < 4.78 is 13.3. The molecule has 0 fully saturated rings. The number of fused-ring (bicyclic) bond motifs is 1. The normalized spacial score (nSPS) is 11.6. The van der Waals surface area contributed by atoms with Crippen molar-refractivity contribution in [2.45, 2.75) is 73.1 Å². The van der Waals surface area contributed by atoms with Gasteiger partial charge in [-0.05, 0) is 45.2 Å². The number of carbonyl (C=O) groups is 2. The summed E-state index contributed by atoms with van der Waals surface area (Å²) >= 11 is 1.18. The van der Waals surface area contributed by atoms with E-state index in [1.807, 2.05) is 13.8 Å². The number of aromatic nitrogens is 2. The number of benzene rings is 1. The first-order chi connectivity index (χ1) is 17.4. The molecular weight excluding hydrogens is 494 g/mol. The maximum absolute atomic E-state index is 13.6. The summed E-state index contributed by atoms with van der Waals surface area (Å²) in [7, 11) is 0. The van der Waals surface area contributed by atoms with Crippen LogP contribution in [0.5, 0.6) is 5.75 Å². The first-order valence-electron chi connectivity index (χ1n) is 12.4. The molecule has 3 aromatic rings. The monoisotopic (exact) mass is 528 g/mol. The summed E-state index contributed by atoms with van der Waals surface area (Å²) in [6.45, 7) is 12.3. The average Bonchev–Trinajstić information content (AvgIpc) is 3.30. The van der Waals surface area contributed by atoms with Gasteiger partial charge < -0.3 is 29.3 Å². The minimum atomic E-state index is -1.35. The lowest BCUT2D eigenvalue weighted by Crippen LogP contribution is -2.35. The third-order valence-corrected chi connectivity index (χ3v) is 6.27. The van der Waals surface area contributed by atoms with E-state index in [2.05, 4.69) is 17.2 Å². The first-order valence-corrected chi connectivity index (χ1v) is 13.3. The molecule has 1 amide bonds. The standard InChI is InChI=1S/C27H35N3O6S/c1-7-8-11-35-22-19-12-17(23-29-20(15-37-23)25(32)33)9-10-18(19)24(31)30(14-16(2)3)21(22)13-28-26(34)36-27(4,5)6/h9-10,12,15-16H,7-8,11,13-14H2,1-6H3,(H,28,34)(H,32,33)/p-1. The largest absolute Gasteiger partial charge is 0.543 e. The number of hydrogen-bond acceptors (Lipinski definition) is 8. The number of ether oxygens (including phenoxy) is 2. The molecule has 9 nitrogen and oxygen atoms in total. The van der Waals surface area contributed by atoms with E-state index in [0.29, 0.717) is 45.9 Å². The van der Waals surface area contributed by atoms with Crippen LogP contribution in [0.25, 0.3) is 21.3 Å². The topological polar surface area (TPSA) is 123 Å². The van der Waals surface area contributed by atoms with Gasteiger partial charge in [0.2, 0.25) is 0 Å². The van der Waals surface area contributed by atoms with Crippen molar-refractivity contribution in [1.82, 2.24) is 14.9 Å². The highest BCUT2D eigenvalue weighted by Crippen LogP contribution is 2.33. The van der Waals surface area contributed by atoms with Gasteiger partial charge in [0.05, 0.1) is 35.9 Å². The predicted molar refractivity (Wildman–Crippen MR) is 142 cm³/mol. The van der Waals surface area contributed by atoms with Crippen molar-refractivity contribution in [2.75, 3.05) is 6.61 Å². The Morgan fingerprint density at radius 3 is 2.54 bits per heavy atom. The van der Waals surface area contributed by atoms with E-state index in [0.717, 1.165) is 12.8 Å². The van der Waals surface area contributed by atoms with Crippen LogP contribution in [0.1, 0.15) is 70.6 Å². The van der Waals surface area contributed by atoms with Crippen molar-refractivity contribution in [3.05, 3.63) is 45.3 Å². The fourth-order valence-corrected chi connectivity index (χ4v) is 4.57. The fraction of sp³-hybridized carbons (Fsp3) is 0.481. The lowest BCUT2D eigenvalue weighted by molar-refractivity contribution is -0.255. The summed E-state index contributed by atoms with van der Waals surface area (Å²) in [6.07, 6.45) is 1.14. The van der Waals surface area contributed by atoms with Crippen LogP contribution in [0.15, 0.2) is 28.4 Å². The number of rotatable bonds is 10. The molecule has 1 aromatic carbocycles. The number of unbranched alkanes of at least 4 members (excludes halogenated alkanes) is 1. The number of carboxylic acid groups (broad SMARTS) is 1. The van der Waals surface area contributed by atoms with E-state index >= 15 is 0 Å². The summed E-state index contributed by atoms with van der Waals surface area (Å²) in [6, 6.07) is 5.24. The molecule has 2 heterocycles. The lowest BCUT2D eigenvalue weighted by atomic mass is 10.0. The SMILES string of the molecule is CCCCOc1c(CNC(=O)OC(C)(C)C)n(CC(C)C)c(=O)c2ccc(-c3nc(C(=O)[O-])cs3)cc12. The second-order valence-corrected chi connectivity index (χ2v) is 11.1. The van der Waals surface area contributed by atoms with E-state index < -0.39 is 17.7 Å². The molecule has 0 atom stereocenters. The van der Waals surface area contributed by atoms with Crippen molar-refractivity contribution < 1.29 is 24.2 Å². The second-order valence-electron chi connectivity index (χ2n) is 10.2. The number of carbonyl (C=O) groups excluding carboxylic acids is 2. The van der Waals surface area contributed by atoms with Gasteiger partial charge >= 0.3 is 6.09 Å². The van der Waals surface area contributed by atoms with Crippen LogP contribution in [0, 0.1) is 5.92 Å². The molecule has 200 valence electrons. The van der Waals surface area contributed by atoms with Crippen molar-refractivity contribution in [1.29, 1.82) is 0 Å². The van der Waals surface area contributed by atoms with Gasteiger partial charge in [0.25, 0.3) is 5.56 Å². The van der Waals surface area contributed by atoms with Gasteiger partial charge in [0.15, 0.2) is 0 Å². The molecule has 0 radical (unpaired) electrons. The Labute approximate surface area is 220 Å². The molecule has 0 spiro atoms. The summed E-state index contributed by atoms with van der Waals surface area (Å²) in [5.74, 6) is -0.686. The molecule has 0 aliphatic rings. The molecule has 0 saturated heterocycles. The Morgan fingerprint density at radius 1 is 1.22 bits per heavy atom. The number of aromatic carboxylic acids is 1. The molecule has 2 aromatic heterocycles. The Hall–Kier alpha value is -3.40. The zero-order chi connectivity index (χ0) is 27.3. The van der Waals surface area contributed by atoms with Crippen molar-refractivity contribution >= 4 is 34.2 Å².